The normalized spacial score (nSPS) is 11.5. The second kappa shape index (κ2) is 5.64. The molecule has 1 amide bonds. The van der Waals surface area contributed by atoms with Gasteiger partial charge in [0.2, 0.25) is 5.91 Å². The summed E-state index contributed by atoms with van der Waals surface area (Å²) in [6, 6.07) is 2.18. The number of rotatable bonds is 6. The van der Waals surface area contributed by atoms with Crippen LogP contribution in [0.5, 0.6) is 0 Å². The maximum absolute atomic E-state index is 10.9. The maximum atomic E-state index is 10.9. The van der Waals surface area contributed by atoms with E-state index in [1.165, 1.54) is 24.4 Å². The number of carboxylic acids is 1. The number of pyridine rings is 1. The molecule has 0 saturated heterocycles. The average Bonchev–Trinajstić information content (AvgIpc) is 2.29. The first-order chi connectivity index (χ1) is 8.04. The number of carbonyl (C=O) groups is 2. The van der Waals surface area contributed by atoms with Crippen LogP contribution in [0.4, 0.5) is 5.82 Å². The molecule has 0 saturated carbocycles. The minimum absolute atomic E-state index is 0.270. The van der Waals surface area contributed by atoms with Crippen molar-refractivity contribution in [2.75, 3.05) is 5.32 Å². The van der Waals surface area contributed by atoms with Crippen molar-refractivity contribution >= 4 is 17.7 Å². The quantitative estimate of drug-likeness (QED) is 0.627. The average molecular weight is 235 g/mol. The van der Waals surface area contributed by atoms with Gasteiger partial charge in [-0.3, -0.25) is 4.79 Å². The van der Waals surface area contributed by atoms with Crippen LogP contribution in [-0.2, 0) is 4.79 Å². The van der Waals surface area contributed by atoms with E-state index in [0.717, 1.165) is 0 Å². The molecule has 0 radical (unpaired) electrons. The fourth-order valence-corrected chi connectivity index (χ4v) is 1.19. The van der Waals surface area contributed by atoms with Gasteiger partial charge in [0.25, 0.3) is 0 Å². The monoisotopic (exact) mass is 235 g/mol. The van der Waals surface area contributed by atoms with Gasteiger partial charge in [-0.05, 0) is 18.6 Å². The van der Waals surface area contributed by atoms with Crippen LogP contribution in [0, 0.1) is 0 Å². The van der Waals surface area contributed by atoms with Gasteiger partial charge in [-0.25, -0.2) is 9.78 Å². The van der Waals surface area contributed by atoms with Crippen molar-refractivity contribution < 1.29 is 14.7 Å². The number of nitrogens with two attached hydrogens (primary N) is 1. The number of hydrogen-bond acceptors (Lipinski definition) is 4. The smallest absolute Gasteiger partial charge is 0.326 e. The Hall–Kier alpha value is -2.37. The predicted octanol–water partition coefficient (Wildman–Crippen LogP) is 0.622. The first kappa shape index (κ1) is 12.7. The molecule has 1 heterocycles. The third kappa shape index (κ3) is 3.60. The molecule has 0 aliphatic rings. The minimum atomic E-state index is -0.995. The zero-order valence-electron chi connectivity index (χ0n) is 9.09. The number of aromatic nitrogens is 1. The van der Waals surface area contributed by atoms with Crippen LogP contribution < -0.4 is 11.1 Å². The van der Waals surface area contributed by atoms with Gasteiger partial charge in [0.1, 0.15) is 11.9 Å². The van der Waals surface area contributed by atoms with E-state index in [1.54, 1.807) is 0 Å². The van der Waals surface area contributed by atoms with Crippen molar-refractivity contribution in [3.63, 3.8) is 0 Å². The summed E-state index contributed by atoms with van der Waals surface area (Å²) < 4.78 is 0. The molecule has 17 heavy (non-hydrogen) atoms. The summed E-state index contributed by atoms with van der Waals surface area (Å²) in [5.41, 5.74) is 5.32. The third-order valence-corrected chi connectivity index (χ3v) is 2.07. The Bertz CT molecular complexity index is 428. The van der Waals surface area contributed by atoms with Crippen molar-refractivity contribution in [2.45, 2.75) is 12.5 Å². The molecule has 0 fully saturated rings. The van der Waals surface area contributed by atoms with Gasteiger partial charge in [0, 0.05) is 6.20 Å². The van der Waals surface area contributed by atoms with E-state index in [4.69, 9.17) is 10.8 Å². The highest BCUT2D eigenvalue weighted by molar-refractivity contribution is 5.92. The number of hydrogen-bond donors (Lipinski definition) is 3. The van der Waals surface area contributed by atoms with E-state index in [-0.39, 0.29) is 12.0 Å². The number of primary amides is 1. The first-order valence-electron chi connectivity index (χ1n) is 4.90. The molecule has 1 aromatic rings. The minimum Gasteiger partial charge on any atom is -0.480 e. The molecule has 0 spiro atoms. The summed E-state index contributed by atoms with van der Waals surface area (Å²) in [6.45, 7) is 3.48. The highest BCUT2D eigenvalue weighted by Gasteiger charge is 2.15. The van der Waals surface area contributed by atoms with Crippen molar-refractivity contribution in [1.29, 1.82) is 0 Å². The highest BCUT2D eigenvalue weighted by atomic mass is 16.4. The van der Waals surface area contributed by atoms with Gasteiger partial charge in [-0.1, -0.05) is 6.08 Å². The molecule has 0 aliphatic heterocycles. The largest absolute Gasteiger partial charge is 0.480 e. The second-order valence-corrected chi connectivity index (χ2v) is 3.36. The molecule has 0 bridgehead atoms. The van der Waals surface area contributed by atoms with Crippen molar-refractivity contribution in [1.82, 2.24) is 4.98 Å². The standard InChI is InChI=1S/C11H13N3O3/c1-2-3-8(11(16)17)14-9-5-4-7(6-13-9)10(12)15/h2,4-6,8H,1,3H2,(H2,12,15)(H,13,14)(H,16,17). The van der Waals surface area contributed by atoms with E-state index in [0.29, 0.717) is 5.82 Å². The Morgan fingerprint density at radius 3 is 2.71 bits per heavy atom. The molecule has 1 aromatic heterocycles. The molecule has 6 nitrogen and oxygen atoms in total. The van der Waals surface area contributed by atoms with Gasteiger partial charge in [-0.2, -0.15) is 0 Å². The third-order valence-electron chi connectivity index (χ3n) is 2.07. The van der Waals surface area contributed by atoms with Crippen molar-refractivity contribution in [3.05, 3.63) is 36.5 Å². The number of carboxylic acid groups (broad SMARTS) is 1. The number of nitrogens with zero attached hydrogens (tertiary/aromatic N) is 1. The molecule has 90 valence electrons. The molecular formula is C11H13N3O3. The lowest BCUT2D eigenvalue weighted by atomic mass is 10.2. The lowest BCUT2D eigenvalue weighted by molar-refractivity contribution is -0.137. The molecule has 1 atom stereocenters. The van der Waals surface area contributed by atoms with Crippen LogP contribution in [0.2, 0.25) is 0 Å². The SMILES string of the molecule is C=CCC(Nc1ccc(C(N)=O)cn1)C(=O)O. The fourth-order valence-electron chi connectivity index (χ4n) is 1.19. The zero-order chi connectivity index (χ0) is 12.8. The van der Waals surface area contributed by atoms with E-state index in [9.17, 15) is 9.59 Å². The van der Waals surface area contributed by atoms with E-state index >= 15 is 0 Å². The molecular weight excluding hydrogens is 222 g/mol. The molecule has 6 heteroatoms. The second-order valence-electron chi connectivity index (χ2n) is 3.36. The van der Waals surface area contributed by atoms with E-state index in [2.05, 4.69) is 16.9 Å². The van der Waals surface area contributed by atoms with E-state index < -0.39 is 17.9 Å². The summed E-state index contributed by atoms with van der Waals surface area (Å²) in [5, 5.41) is 11.6. The van der Waals surface area contributed by atoms with Crippen molar-refractivity contribution in [2.24, 2.45) is 5.73 Å². The van der Waals surface area contributed by atoms with Gasteiger partial charge in [0.15, 0.2) is 0 Å². The van der Waals surface area contributed by atoms with Crippen LogP contribution in [-0.4, -0.2) is 28.0 Å². The summed E-state index contributed by atoms with van der Waals surface area (Å²) in [7, 11) is 0. The zero-order valence-corrected chi connectivity index (χ0v) is 9.09. The summed E-state index contributed by atoms with van der Waals surface area (Å²) in [5.74, 6) is -1.21. The number of anilines is 1. The van der Waals surface area contributed by atoms with Gasteiger partial charge in [0.05, 0.1) is 5.56 Å². The maximum Gasteiger partial charge on any atom is 0.326 e. The number of carbonyl (C=O) groups excluding carboxylic acids is 1. The molecule has 1 unspecified atom stereocenters. The first-order valence-corrected chi connectivity index (χ1v) is 4.90. The lowest BCUT2D eigenvalue weighted by Crippen LogP contribution is -2.29. The van der Waals surface area contributed by atoms with Gasteiger partial charge in [-0.15, -0.1) is 6.58 Å². The number of amides is 1. The van der Waals surface area contributed by atoms with Crippen LogP contribution >= 0.6 is 0 Å². The Kier molecular flexibility index (Phi) is 4.21. The fraction of sp³-hybridized carbons (Fsp3) is 0.182. The summed E-state index contributed by atoms with van der Waals surface area (Å²) >= 11 is 0. The predicted molar refractivity (Wildman–Crippen MR) is 62.6 cm³/mol. The molecule has 4 N–H and O–H groups in total. The Balaban J connectivity index is 2.76. The van der Waals surface area contributed by atoms with Crippen LogP contribution in [0.25, 0.3) is 0 Å². The van der Waals surface area contributed by atoms with Crippen LogP contribution in [0.3, 0.4) is 0 Å². The Labute approximate surface area is 98.2 Å². The van der Waals surface area contributed by atoms with Gasteiger partial charge >= 0.3 is 5.97 Å². The molecule has 0 aliphatic carbocycles. The molecule has 1 rings (SSSR count). The van der Waals surface area contributed by atoms with Gasteiger partial charge < -0.3 is 16.2 Å². The number of aliphatic carboxylic acids is 1. The highest BCUT2D eigenvalue weighted by Crippen LogP contribution is 2.08. The topological polar surface area (TPSA) is 105 Å². The van der Waals surface area contributed by atoms with Crippen LogP contribution in [0.15, 0.2) is 31.0 Å². The number of nitrogens with one attached hydrogen (secondary N) is 1. The lowest BCUT2D eigenvalue weighted by Gasteiger charge is -2.12. The Morgan fingerprint density at radius 1 is 1.59 bits per heavy atom. The Morgan fingerprint density at radius 2 is 2.29 bits per heavy atom. The molecule has 0 aromatic carbocycles. The van der Waals surface area contributed by atoms with E-state index in [1.807, 2.05) is 0 Å². The summed E-state index contributed by atoms with van der Waals surface area (Å²) in [4.78, 5) is 25.6. The summed E-state index contributed by atoms with van der Waals surface area (Å²) in [6.07, 6.45) is 3.07. The van der Waals surface area contributed by atoms with Crippen molar-refractivity contribution in [3.8, 4) is 0 Å². The van der Waals surface area contributed by atoms with Crippen LogP contribution in [0.1, 0.15) is 16.8 Å².